The lowest BCUT2D eigenvalue weighted by Crippen LogP contribution is -2.47. The lowest BCUT2D eigenvalue weighted by atomic mass is 9.52. The van der Waals surface area contributed by atoms with Crippen LogP contribution in [0.15, 0.2) is 18.2 Å². The first-order chi connectivity index (χ1) is 19.9. The number of aromatic hydroxyl groups is 1. The number of benzene rings is 1. The van der Waals surface area contributed by atoms with Gasteiger partial charge < -0.3 is 14.4 Å². The molecule has 1 aromatic carbocycles. The number of methoxy groups -OCH3 is 1. The highest BCUT2D eigenvalue weighted by atomic mass is 32.2. The molecule has 1 N–H and O–H groups in total. The molecule has 7 atom stereocenters. The van der Waals surface area contributed by atoms with Crippen molar-refractivity contribution in [2.45, 2.75) is 127 Å². The summed E-state index contributed by atoms with van der Waals surface area (Å²) in [6, 6.07) is 6.02. The van der Waals surface area contributed by atoms with Crippen LogP contribution in [-0.4, -0.2) is 46.5 Å². The third kappa shape index (κ3) is 7.77. The van der Waals surface area contributed by atoms with E-state index in [0.717, 1.165) is 38.5 Å². The van der Waals surface area contributed by atoms with Gasteiger partial charge in [0, 0.05) is 13.5 Å². The van der Waals surface area contributed by atoms with Crippen molar-refractivity contribution in [3.8, 4) is 5.75 Å². The predicted molar refractivity (Wildman–Crippen MR) is 157 cm³/mol. The van der Waals surface area contributed by atoms with Crippen LogP contribution in [0.4, 0.5) is 22.0 Å². The highest BCUT2D eigenvalue weighted by Gasteiger charge is 2.57. The van der Waals surface area contributed by atoms with Crippen LogP contribution in [0.3, 0.4) is 0 Å². The highest BCUT2D eigenvalue weighted by Crippen LogP contribution is 2.63. The van der Waals surface area contributed by atoms with Crippen molar-refractivity contribution in [2.75, 3.05) is 18.6 Å². The average molecular weight is 621 g/mol. The molecule has 2 saturated carbocycles. The molecule has 0 aromatic heterocycles. The lowest BCUT2D eigenvalue weighted by Gasteiger charge is -2.53. The van der Waals surface area contributed by atoms with Crippen LogP contribution in [0.25, 0.3) is 0 Å². The SMILES string of the molecule is CO[C@H]1CC[C@H]2[C@@H]3[C@H](CCCCCCCCC[S+]([O-])CCCC(F)(F)C(F)(F)F)Cc4cc(O)ccc4[C@H]3CC[C@]12C. The van der Waals surface area contributed by atoms with Crippen LogP contribution >= 0.6 is 0 Å². The number of rotatable bonds is 15. The number of unbranched alkanes of at least 4 members (excludes halogenated alkanes) is 6. The summed E-state index contributed by atoms with van der Waals surface area (Å²) in [4.78, 5) is 0. The minimum Gasteiger partial charge on any atom is -0.616 e. The van der Waals surface area contributed by atoms with Gasteiger partial charge in [-0.15, -0.1) is 0 Å². The van der Waals surface area contributed by atoms with Crippen molar-refractivity contribution < 1.29 is 36.3 Å². The standard InChI is InChI=1S/C33H49F5O3S/c1-31-18-16-27-26-13-12-25(39)22-24(26)21-23(30(27)28(31)14-15-29(31)41-2)11-8-6-4-3-5-7-9-19-42(40)20-10-17-32(34,35)33(36,37)38/h12-13,22-23,27-30,39H,3-11,14-21H2,1-2H3/t23-,27-,28+,29+,30-,31+,42?/m1/s1. The molecule has 0 saturated heterocycles. The third-order valence-electron chi connectivity index (χ3n) is 10.8. The first-order valence-corrected chi connectivity index (χ1v) is 17.5. The quantitative estimate of drug-likeness (QED) is 0.121. The van der Waals surface area contributed by atoms with E-state index < -0.39 is 29.7 Å². The Morgan fingerprint density at radius 1 is 0.952 bits per heavy atom. The number of phenols is 1. The Morgan fingerprint density at radius 3 is 2.31 bits per heavy atom. The van der Waals surface area contributed by atoms with Crippen LogP contribution in [0, 0.1) is 23.2 Å². The minimum atomic E-state index is -5.54. The smallest absolute Gasteiger partial charge is 0.453 e. The zero-order valence-corrected chi connectivity index (χ0v) is 26.0. The second-order valence-corrected chi connectivity index (χ2v) is 15.1. The molecule has 2 fully saturated rings. The largest absolute Gasteiger partial charge is 0.616 e. The topological polar surface area (TPSA) is 52.5 Å². The third-order valence-corrected chi connectivity index (χ3v) is 12.3. The van der Waals surface area contributed by atoms with E-state index in [0.29, 0.717) is 47.7 Å². The van der Waals surface area contributed by atoms with Crippen molar-refractivity contribution in [1.82, 2.24) is 0 Å². The molecular weight excluding hydrogens is 571 g/mol. The number of fused-ring (bicyclic) bond motifs is 5. The van der Waals surface area contributed by atoms with E-state index in [4.69, 9.17) is 4.74 Å². The van der Waals surface area contributed by atoms with E-state index in [-0.39, 0.29) is 17.6 Å². The summed E-state index contributed by atoms with van der Waals surface area (Å²) in [5.41, 5.74) is 3.04. The zero-order valence-electron chi connectivity index (χ0n) is 25.2. The van der Waals surface area contributed by atoms with E-state index in [2.05, 4.69) is 13.0 Å². The first kappa shape index (κ1) is 33.8. The van der Waals surface area contributed by atoms with Crippen molar-refractivity contribution in [1.29, 1.82) is 0 Å². The first-order valence-electron chi connectivity index (χ1n) is 16.0. The number of hydrogen-bond acceptors (Lipinski definition) is 3. The van der Waals surface area contributed by atoms with E-state index in [1.807, 2.05) is 19.2 Å². The fourth-order valence-corrected chi connectivity index (χ4v) is 9.85. The molecule has 3 aliphatic carbocycles. The predicted octanol–water partition coefficient (Wildman–Crippen LogP) is 9.34. The fourth-order valence-electron chi connectivity index (χ4n) is 8.65. The molecule has 4 rings (SSSR count). The van der Waals surface area contributed by atoms with Gasteiger partial charge in [-0.2, -0.15) is 22.0 Å². The van der Waals surface area contributed by atoms with Crippen molar-refractivity contribution in [3.63, 3.8) is 0 Å². The summed E-state index contributed by atoms with van der Waals surface area (Å²) in [7, 11) is 1.87. The number of ether oxygens (including phenoxy) is 1. The van der Waals surface area contributed by atoms with E-state index in [1.165, 1.54) is 49.7 Å². The Labute approximate surface area is 251 Å². The fraction of sp³-hybridized carbons (Fsp3) is 0.818. The van der Waals surface area contributed by atoms with Crippen molar-refractivity contribution in [2.24, 2.45) is 23.2 Å². The molecule has 42 heavy (non-hydrogen) atoms. The molecule has 1 unspecified atom stereocenters. The molecule has 240 valence electrons. The van der Waals surface area contributed by atoms with Crippen molar-refractivity contribution in [3.05, 3.63) is 29.3 Å². The highest BCUT2D eigenvalue weighted by molar-refractivity contribution is 7.91. The lowest BCUT2D eigenvalue weighted by molar-refractivity contribution is -0.284. The van der Waals surface area contributed by atoms with Gasteiger partial charge in [0.25, 0.3) is 0 Å². The Bertz CT molecular complexity index is 1000. The van der Waals surface area contributed by atoms with Gasteiger partial charge in [-0.05, 0) is 110 Å². The van der Waals surface area contributed by atoms with Crippen LogP contribution in [0.1, 0.15) is 114 Å². The summed E-state index contributed by atoms with van der Waals surface area (Å²) in [5, 5.41) is 10.2. The summed E-state index contributed by atoms with van der Waals surface area (Å²) >= 11 is -1.35. The molecule has 0 radical (unpaired) electrons. The normalized spacial score (nSPS) is 30.0. The van der Waals surface area contributed by atoms with E-state index in [9.17, 15) is 31.6 Å². The molecule has 0 bridgehead atoms. The second kappa shape index (κ2) is 14.4. The Kier molecular flexibility index (Phi) is 11.6. The Morgan fingerprint density at radius 2 is 1.62 bits per heavy atom. The number of phenolic OH excluding ortho intramolecular Hbond substituents is 1. The van der Waals surface area contributed by atoms with Gasteiger partial charge in [-0.1, -0.05) is 56.3 Å². The maximum Gasteiger partial charge on any atom is 0.453 e. The van der Waals surface area contributed by atoms with Gasteiger partial charge in [0.1, 0.15) is 17.3 Å². The molecule has 0 aliphatic heterocycles. The second-order valence-electron chi connectivity index (χ2n) is 13.4. The summed E-state index contributed by atoms with van der Waals surface area (Å²) in [6.45, 7) is 2.46. The van der Waals surface area contributed by atoms with Crippen LogP contribution in [-0.2, 0) is 22.3 Å². The van der Waals surface area contributed by atoms with Gasteiger partial charge in [0.05, 0.1) is 6.10 Å². The maximum atomic E-state index is 13.0. The van der Waals surface area contributed by atoms with Gasteiger partial charge in [0.2, 0.25) is 0 Å². The van der Waals surface area contributed by atoms with Gasteiger partial charge in [-0.3, -0.25) is 0 Å². The molecule has 1 aromatic rings. The van der Waals surface area contributed by atoms with Crippen molar-refractivity contribution >= 4 is 11.2 Å². The molecule has 0 amide bonds. The molecule has 0 heterocycles. The minimum absolute atomic E-state index is 0.106. The summed E-state index contributed by atoms with van der Waals surface area (Å²) < 4.78 is 80.6. The van der Waals surface area contributed by atoms with Crippen LogP contribution < -0.4 is 0 Å². The maximum absolute atomic E-state index is 13.0. The Balaban J connectivity index is 1.16. The van der Waals surface area contributed by atoms with Gasteiger partial charge in [0.15, 0.2) is 0 Å². The van der Waals surface area contributed by atoms with E-state index >= 15 is 0 Å². The van der Waals surface area contributed by atoms with Gasteiger partial charge in [-0.25, -0.2) is 0 Å². The Hall–Kier alpha value is -1.06. The molecular formula is C33H49F5O3S. The number of halogens is 5. The zero-order chi connectivity index (χ0) is 30.5. The van der Waals surface area contributed by atoms with E-state index in [1.54, 1.807) is 0 Å². The molecule has 0 spiro atoms. The average Bonchev–Trinajstić information content (AvgIpc) is 3.27. The van der Waals surface area contributed by atoms with Crippen LogP contribution in [0.2, 0.25) is 0 Å². The monoisotopic (exact) mass is 620 g/mol. The summed E-state index contributed by atoms with van der Waals surface area (Å²) in [5.74, 6) is -1.55. The van der Waals surface area contributed by atoms with Gasteiger partial charge >= 0.3 is 12.1 Å². The molecule has 3 aliphatic rings. The van der Waals surface area contributed by atoms with Crippen LogP contribution in [0.5, 0.6) is 5.75 Å². The number of alkyl halides is 5. The molecule has 3 nitrogen and oxygen atoms in total. The number of hydrogen-bond donors (Lipinski definition) is 1. The summed E-state index contributed by atoms with van der Waals surface area (Å²) in [6.07, 6.45) is 7.37. The molecule has 9 heteroatoms.